The third kappa shape index (κ3) is 3.84. The normalized spacial score (nSPS) is 12.0. The van der Waals surface area contributed by atoms with Crippen molar-refractivity contribution in [1.82, 2.24) is 5.32 Å². The first-order valence-electron chi connectivity index (χ1n) is 6.57. The molecule has 0 aromatic heterocycles. The molecule has 1 amide bonds. The topological polar surface area (TPSA) is 49.3 Å². The number of amides is 1. The molecule has 22 heavy (non-hydrogen) atoms. The second kappa shape index (κ2) is 7.38. The number of aliphatic hydroxyl groups excluding tert-OH is 1. The zero-order valence-electron chi connectivity index (χ0n) is 11.8. The first kappa shape index (κ1) is 16.5. The van der Waals surface area contributed by atoms with Crippen molar-refractivity contribution in [2.24, 2.45) is 0 Å². The lowest BCUT2D eigenvalue weighted by Gasteiger charge is -2.13. The molecular weight excluding hydrogens is 308 g/mol. The van der Waals surface area contributed by atoms with Gasteiger partial charge < -0.3 is 10.4 Å². The molecule has 2 aromatic rings. The standard InChI is InChI=1S/C16H15F2NO2S/c1-22-11-7-5-10(6-8-11)14(20)9-19-16(21)15-12(17)3-2-4-13(15)18/h2-8,14,20H,9H2,1H3,(H,19,21). The summed E-state index contributed by atoms with van der Waals surface area (Å²) in [5, 5.41) is 12.3. The molecule has 6 heteroatoms. The van der Waals surface area contributed by atoms with Gasteiger partial charge in [-0.25, -0.2) is 8.78 Å². The average molecular weight is 323 g/mol. The van der Waals surface area contributed by atoms with E-state index in [2.05, 4.69) is 5.32 Å². The van der Waals surface area contributed by atoms with E-state index in [-0.39, 0.29) is 6.54 Å². The summed E-state index contributed by atoms with van der Waals surface area (Å²) in [6.07, 6.45) is 0.990. The van der Waals surface area contributed by atoms with Crippen LogP contribution in [0.25, 0.3) is 0 Å². The van der Waals surface area contributed by atoms with Gasteiger partial charge >= 0.3 is 0 Å². The number of nitrogens with one attached hydrogen (secondary N) is 1. The van der Waals surface area contributed by atoms with Crippen LogP contribution in [0.1, 0.15) is 22.0 Å². The van der Waals surface area contributed by atoms with Gasteiger partial charge in [0.25, 0.3) is 5.91 Å². The Balaban J connectivity index is 2.01. The molecule has 0 bridgehead atoms. The predicted molar refractivity (Wildman–Crippen MR) is 81.9 cm³/mol. The molecule has 0 heterocycles. The van der Waals surface area contributed by atoms with Crippen molar-refractivity contribution in [3.63, 3.8) is 0 Å². The number of rotatable bonds is 5. The Morgan fingerprint density at radius 3 is 2.32 bits per heavy atom. The largest absolute Gasteiger partial charge is 0.387 e. The van der Waals surface area contributed by atoms with Crippen LogP contribution in [-0.2, 0) is 0 Å². The summed E-state index contributed by atoms with van der Waals surface area (Å²) in [6, 6.07) is 10.4. The van der Waals surface area contributed by atoms with Gasteiger partial charge in [0.1, 0.15) is 17.2 Å². The summed E-state index contributed by atoms with van der Waals surface area (Å²) >= 11 is 1.57. The van der Waals surface area contributed by atoms with Crippen LogP contribution in [0.15, 0.2) is 47.4 Å². The fraction of sp³-hybridized carbons (Fsp3) is 0.188. The van der Waals surface area contributed by atoms with Crippen molar-refractivity contribution in [2.45, 2.75) is 11.0 Å². The minimum absolute atomic E-state index is 0.134. The number of aliphatic hydroxyl groups is 1. The second-order valence-corrected chi connectivity index (χ2v) is 5.48. The maximum atomic E-state index is 13.5. The molecule has 0 spiro atoms. The van der Waals surface area contributed by atoms with E-state index >= 15 is 0 Å². The van der Waals surface area contributed by atoms with E-state index < -0.39 is 29.2 Å². The molecule has 2 rings (SSSR count). The van der Waals surface area contributed by atoms with Gasteiger partial charge in [-0.3, -0.25) is 4.79 Å². The number of thioether (sulfide) groups is 1. The van der Waals surface area contributed by atoms with E-state index in [1.54, 1.807) is 23.9 Å². The minimum Gasteiger partial charge on any atom is -0.387 e. The number of halogens is 2. The van der Waals surface area contributed by atoms with E-state index in [1.165, 1.54) is 6.07 Å². The summed E-state index contributed by atoms with van der Waals surface area (Å²) < 4.78 is 26.9. The lowest BCUT2D eigenvalue weighted by molar-refractivity contribution is 0.0908. The summed E-state index contributed by atoms with van der Waals surface area (Å²) in [5.74, 6) is -2.76. The summed E-state index contributed by atoms with van der Waals surface area (Å²) in [6.45, 7) is -0.134. The molecule has 2 aromatic carbocycles. The average Bonchev–Trinajstić information content (AvgIpc) is 2.52. The highest BCUT2D eigenvalue weighted by molar-refractivity contribution is 7.98. The van der Waals surface area contributed by atoms with Crippen molar-refractivity contribution < 1.29 is 18.7 Å². The fourth-order valence-electron chi connectivity index (χ4n) is 1.94. The lowest BCUT2D eigenvalue weighted by atomic mass is 10.1. The highest BCUT2D eigenvalue weighted by Crippen LogP contribution is 2.19. The van der Waals surface area contributed by atoms with Crippen LogP contribution < -0.4 is 5.32 Å². The quantitative estimate of drug-likeness (QED) is 0.831. The third-order valence-electron chi connectivity index (χ3n) is 3.15. The number of benzene rings is 2. The smallest absolute Gasteiger partial charge is 0.257 e. The predicted octanol–water partition coefficient (Wildman–Crippen LogP) is 3.15. The molecule has 2 N–H and O–H groups in total. The first-order chi connectivity index (χ1) is 10.5. The van der Waals surface area contributed by atoms with Crippen LogP contribution in [0.3, 0.4) is 0 Å². The Morgan fingerprint density at radius 1 is 1.18 bits per heavy atom. The van der Waals surface area contributed by atoms with E-state index in [4.69, 9.17) is 0 Å². The Morgan fingerprint density at radius 2 is 1.77 bits per heavy atom. The van der Waals surface area contributed by atoms with Crippen molar-refractivity contribution in [2.75, 3.05) is 12.8 Å². The highest BCUT2D eigenvalue weighted by atomic mass is 32.2. The lowest BCUT2D eigenvalue weighted by Crippen LogP contribution is -2.29. The number of hydrogen-bond donors (Lipinski definition) is 2. The van der Waals surface area contributed by atoms with Crippen LogP contribution in [-0.4, -0.2) is 23.8 Å². The Kier molecular flexibility index (Phi) is 5.51. The van der Waals surface area contributed by atoms with E-state index in [1.807, 2.05) is 18.4 Å². The van der Waals surface area contributed by atoms with Crippen LogP contribution in [0.5, 0.6) is 0 Å². The van der Waals surface area contributed by atoms with E-state index in [9.17, 15) is 18.7 Å². The van der Waals surface area contributed by atoms with Crippen molar-refractivity contribution in [3.05, 3.63) is 65.2 Å². The van der Waals surface area contributed by atoms with Gasteiger partial charge in [-0.1, -0.05) is 18.2 Å². The number of carbonyl (C=O) groups excluding carboxylic acids is 1. The third-order valence-corrected chi connectivity index (χ3v) is 3.89. The highest BCUT2D eigenvalue weighted by Gasteiger charge is 2.18. The van der Waals surface area contributed by atoms with Gasteiger partial charge in [-0.15, -0.1) is 11.8 Å². The van der Waals surface area contributed by atoms with Gasteiger partial charge in [-0.05, 0) is 36.1 Å². The van der Waals surface area contributed by atoms with Crippen LogP contribution in [0.4, 0.5) is 8.78 Å². The van der Waals surface area contributed by atoms with Crippen molar-refractivity contribution >= 4 is 17.7 Å². The summed E-state index contributed by atoms with van der Waals surface area (Å²) in [4.78, 5) is 12.9. The number of carbonyl (C=O) groups is 1. The Labute approximate surface area is 131 Å². The van der Waals surface area contributed by atoms with Crippen molar-refractivity contribution in [3.8, 4) is 0 Å². The van der Waals surface area contributed by atoms with Crippen LogP contribution >= 0.6 is 11.8 Å². The molecule has 0 radical (unpaired) electrons. The zero-order chi connectivity index (χ0) is 16.1. The van der Waals surface area contributed by atoms with Gasteiger partial charge in [0.05, 0.1) is 6.10 Å². The van der Waals surface area contributed by atoms with E-state index in [0.29, 0.717) is 5.56 Å². The number of hydrogen-bond acceptors (Lipinski definition) is 3. The molecule has 0 aliphatic carbocycles. The molecule has 0 saturated heterocycles. The minimum atomic E-state index is -0.949. The van der Waals surface area contributed by atoms with Crippen LogP contribution in [0, 0.1) is 11.6 Å². The van der Waals surface area contributed by atoms with E-state index in [0.717, 1.165) is 17.0 Å². The Hall–Kier alpha value is -1.92. The van der Waals surface area contributed by atoms with Gasteiger partial charge in [-0.2, -0.15) is 0 Å². The second-order valence-electron chi connectivity index (χ2n) is 4.60. The SMILES string of the molecule is CSc1ccc(C(O)CNC(=O)c2c(F)cccc2F)cc1. The first-order valence-corrected chi connectivity index (χ1v) is 7.79. The Bertz CT molecular complexity index is 641. The molecular formula is C16H15F2NO2S. The molecule has 0 saturated carbocycles. The fourth-order valence-corrected chi connectivity index (χ4v) is 2.34. The molecule has 3 nitrogen and oxygen atoms in total. The van der Waals surface area contributed by atoms with Gasteiger partial charge in [0.2, 0.25) is 0 Å². The maximum Gasteiger partial charge on any atom is 0.257 e. The monoisotopic (exact) mass is 323 g/mol. The zero-order valence-corrected chi connectivity index (χ0v) is 12.7. The molecule has 1 atom stereocenters. The van der Waals surface area contributed by atoms with Gasteiger partial charge in [0.15, 0.2) is 0 Å². The molecule has 1 unspecified atom stereocenters. The molecule has 0 fully saturated rings. The summed E-state index contributed by atoms with van der Waals surface area (Å²) in [7, 11) is 0. The maximum absolute atomic E-state index is 13.5. The molecule has 0 aliphatic rings. The van der Waals surface area contributed by atoms with Crippen molar-refractivity contribution in [1.29, 1.82) is 0 Å². The molecule has 0 aliphatic heterocycles. The van der Waals surface area contributed by atoms with Crippen LogP contribution in [0.2, 0.25) is 0 Å². The molecule has 116 valence electrons. The summed E-state index contributed by atoms with van der Waals surface area (Å²) in [5.41, 5.74) is -0.0282. The van der Waals surface area contributed by atoms with Gasteiger partial charge in [0, 0.05) is 11.4 Å².